The molecule has 0 saturated carbocycles. The molecule has 1 fully saturated rings. The number of nitrogens with two attached hydrogens (primary N) is 1. The molecule has 0 spiro atoms. The highest BCUT2D eigenvalue weighted by Crippen LogP contribution is 2.37. The van der Waals surface area contributed by atoms with Crippen molar-refractivity contribution in [3.05, 3.63) is 101 Å². The summed E-state index contributed by atoms with van der Waals surface area (Å²) in [4.78, 5) is 9.90. The molecule has 1 saturated heterocycles. The molecule has 2 aromatic carbocycles. The molecule has 1 aliphatic carbocycles. The number of anilines is 1. The molecule has 1 aliphatic heterocycles. The molecule has 1 atom stereocenters. The minimum Gasteiger partial charge on any atom is -0.399 e. The number of aromatic nitrogens is 1. The number of rotatable bonds is 4. The number of nitrogen functional groups attached to an aromatic ring is 1. The van der Waals surface area contributed by atoms with Crippen molar-refractivity contribution in [2.24, 2.45) is 0 Å². The first-order chi connectivity index (χ1) is 15.3. The lowest BCUT2D eigenvalue weighted by molar-refractivity contribution is 0.117. The van der Waals surface area contributed by atoms with Gasteiger partial charge in [-0.25, -0.2) is 0 Å². The van der Waals surface area contributed by atoms with Gasteiger partial charge in [0.2, 0.25) is 0 Å². The Morgan fingerprint density at radius 3 is 2.58 bits per heavy atom. The lowest BCUT2D eigenvalue weighted by atomic mass is 9.93. The number of piperazine rings is 1. The van der Waals surface area contributed by atoms with Crippen molar-refractivity contribution in [2.45, 2.75) is 18.9 Å². The molecule has 5 rings (SSSR count). The molecule has 0 radical (unpaired) electrons. The summed E-state index contributed by atoms with van der Waals surface area (Å²) < 4.78 is 0. The summed E-state index contributed by atoms with van der Waals surface area (Å²) in [6, 6.07) is 21.6. The first-order valence-electron chi connectivity index (χ1n) is 11.3. The highest BCUT2D eigenvalue weighted by Gasteiger charge is 2.31. The molecule has 1 unspecified atom stereocenters. The number of hydrogen-bond donors (Lipinski definition) is 1. The second-order valence-corrected chi connectivity index (χ2v) is 8.55. The quantitative estimate of drug-likeness (QED) is 0.656. The van der Waals surface area contributed by atoms with E-state index in [-0.39, 0.29) is 6.04 Å². The van der Waals surface area contributed by atoms with Crippen molar-refractivity contribution >= 4 is 11.8 Å². The van der Waals surface area contributed by atoms with E-state index in [1.165, 1.54) is 27.9 Å². The molecule has 2 aliphatic rings. The normalized spacial score (nSPS) is 19.7. The number of pyridine rings is 1. The van der Waals surface area contributed by atoms with Crippen LogP contribution in [0.15, 0.2) is 72.9 Å². The summed E-state index contributed by atoms with van der Waals surface area (Å²) in [6.45, 7) is 5.24. The standard InChI is InChI=1S/C27H30N4/c28-23-12-10-22-11-13-26-24(9-4-14-29-26)27(25(22)20-23)31-18-16-30(17-19-31)15-5-8-21-6-2-1-3-7-21/h1-10,12,14,20,27H,11,13,15-19,28H2. The Labute approximate surface area is 185 Å². The zero-order valence-corrected chi connectivity index (χ0v) is 18.0. The van der Waals surface area contributed by atoms with Gasteiger partial charge in [0, 0.05) is 50.3 Å². The smallest absolute Gasteiger partial charge is 0.0624 e. The van der Waals surface area contributed by atoms with Crippen LogP contribution in [-0.4, -0.2) is 47.5 Å². The van der Waals surface area contributed by atoms with E-state index in [1.807, 2.05) is 12.3 Å². The first-order valence-corrected chi connectivity index (χ1v) is 11.3. The minimum atomic E-state index is 0.242. The Balaban J connectivity index is 1.33. The summed E-state index contributed by atoms with van der Waals surface area (Å²) in [6.07, 6.45) is 8.45. The molecule has 0 bridgehead atoms. The van der Waals surface area contributed by atoms with Gasteiger partial charge in [0.15, 0.2) is 0 Å². The van der Waals surface area contributed by atoms with E-state index in [0.717, 1.165) is 51.3 Å². The lowest BCUT2D eigenvalue weighted by Gasteiger charge is -2.40. The zero-order valence-electron chi connectivity index (χ0n) is 18.0. The van der Waals surface area contributed by atoms with Crippen molar-refractivity contribution in [3.8, 4) is 0 Å². The number of nitrogens with zero attached hydrogens (tertiary/aromatic N) is 3. The summed E-state index contributed by atoms with van der Waals surface area (Å²) in [7, 11) is 0. The predicted octanol–water partition coefficient (Wildman–Crippen LogP) is 4.18. The van der Waals surface area contributed by atoms with Crippen molar-refractivity contribution in [1.29, 1.82) is 0 Å². The van der Waals surface area contributed by atoms with Crippen LogP contribution in [0.25, 0.3) is 6.08 Å². The number of hydrogen-bond acceptors (Lipinski definition) is 4. The van der Waals surface area contributed by atoms with Gasteiger partial charge in [0.25, 0.3) is 0 Å². The summed E-state index contributed by atoms with van der Waals surface area (Å²) in [5.41, 5.74) is 13.7. The van der Waals surface area contributed by atoms with E-state index in [1.54, 1.807) is 0 Å². The van der Waals surface area contributed by atoms with E-state index >= 15 is 0 Å². The highest BCUT2D eigenvalue weighted by molar-refractivity contribution is 5.51. The summed E-state index contributed by atoms with van der Waals surface area (Å²) >= 11 is 0. The first kappa shape index (κ1) is 20.0. The van der Waals surface area contributed by atoms with E-state index in [2.05, 4.69) is 76.5 Å². The highest BCUT2D eigenvalue weighted by atomic mass is 15.3. The lowest BCUT2D eigenvalue weighted by Crippen LogP contribution is -2.48. The molecule has 0 amide bonds. The van der Waals surface area contributed by atoms with Crippen LogP contribution in [0.4, 0.5) is 5.69 Å². The zero-order chi connectivity index (χ0) is 21.0. The topological polar surface area (TPSA) is 45.4 Å². The van der Waals surface area contributed by atoms with Gasteiger partial charge in [-0.15, -0.1) is 0 Å². The van der Waals surface area contributed by atoms with E-state index in [4.69, 9.17) is 10.7 Å². The molecule has 158 valence electrons. The molecule has 31 heavy (non-hydrogen) atoms. The van der Waals surface area contributed by atoms with Crippen LogP contribution >= 0.6 is 0 Å². The minimum absolute atomic E-state index is 0.242. The third-order valence-electron chi connectivity index (χ3n) is 6.56. The predicted molar refractivity (Wildman–Crippen MR) is 128 cm³/mol. The molecule has 1 aromatic heterocycles. The Hall–Kier alpha value is -2.95. The van der Waals surface area contributed by atoms with Gasteiger partial charge in [-0.3, -0.25) is 14.8 Å². The van der Waals surface area contributed by atoms with E-state index in [9.17, 15) is 0 Å². The van der Waals surface area contributed by atoms with Crippen LogP contribution in [0.1, 0.15) is 34.0 Å². The van der Waals surface area contributed by atoms with Crippen LogP contribution in [0.2, 0.25) is 0 Å². The maximum atomic E-state index is 6.22. The fourth-order valence-electron chi connectivity index (χ4n) is 4.92. The van der Waals surface area contributed by atoms with Gasteiger partial charge < -0.3 is 5.73 Å². The van der Waals surface area contributed by atoms with Gasteiger partial charge in [0.1, 0.15) is 0 Å². The van der Waals surface area contributed by atoms with Crippen molar-refractivity contribution in [3.63, 3.8) is 0 Å². The van der Waals surface area contributed by atoms with Crippen LogP contribution in [-0.2, 0) is 12.8 Å². The molecule has 3 aromatic rings. The van der Waals surface area contributed by atoms with Crippen molar-refractivity contribution < 1.29 is 0 Å². The Bertz CT molecular complexity index is 1050. The summed E-state index contributed by atoms with van der Waals surface area (Å²) in [5, 5.41) is 0. The van der Waals surface area contributed by atoms with Gasteiger partial charge in [0.05, 0.1) is 6.04 Å². The molecule has 2 N–H and O–H groups in total. The van der Waals surface area contributed by atoms with E-state index < -0.39 is 0 Å². The molecular weight excluding hydrogens is 380 g/mol. The molecule has 4 heteroatoms. The van der Waals surface area contributed by atoms with Crippen LogP contribution in [0.5, 0.6) is 0 Å². The average molecular weight is 411 g/mol. The van der Waals surface area contributed by atoms with Gasteiger partial charge >= 0.3 is 0 Å². The number of fused-ring (bicyclic) bond motifs is 2. The molecule has 4 nitrogen and oxygen atoms in total. The second kappa shape index (κ2) is 9.04. The largest absolute Gasteiger partial charge is 0.399 e. The van der Waals surface area contributed by atoms with Crippen molar-refractivity contribution in [1.82, 2.24) is 14.8 Å². The fourth-order valence-corrected chi connectivity index (χ4v) is 4.92. The second-order valence-electron chi connectivity index (χ2n) is 8.55. The Morgan fingerprint density at radius 1 is 0.903 bits per heavy atom. The van der Waals surface area contributed by atoms with Crippen LogP contribution < -0.4 is 5.73 Å². The van der Waals surface area contributed by atoms with Crippen molar-refractivity contribution in [2.75, 3.05) is 38.5 Å². The van der Waals surface area contributed by atoms with Gasteiger partial charge in [-0.05, 0) is 53.3 Å². The van der Waals surface area contributed by atoms with Gasteiger partial charge in [-0.1, -0.05) is 54.6 Å². The average Bonchev–Trinajstić information content (AvgIpc) is 2.97. The Kier molecular flexibility index (Phi) is 5.83. The van der Waals surface area contributed by atoms with Crippen LogP contribution in [0, 0.1) is 0 Å². The van der Waals surface area contributed by atoms with E-state index in [0.29, 0.717) is 0 Å². The maximum absolute atomic E-state index is 6.22. The molecular formula is C27H30N4. The third-order valence-corrected chi connectivity index (χ3v) is 6.56. The fraction of sp³-hybridized carbons (Fsp3) is 0.296. The molecule has 2 heterocycles. The third kappa shape index (κ3) is 4.41. The SMILES string of the molecule is Nc1ccc2c(c1)C(N1CCN(CC=Cc3ccccc3)CC1)c1cccnc1CC2. The monoisotopic (exact) mass is 410 g/mol. The Morgan fingerprint density at radius 2 is 1.74 bits per heavy atom. The number of benzene rings is 2. The maximum Gasteiger partial charge on any atom is 0.0624 e. The van der Waals surface area contributed by atoms with Gasteiger partial charge in [-0.2, -0.15) is 0 Å². The number of aryl methyl sites for hydroxylation is 2. The van der Waals surface area contributed by atoms with Crippen LogP contribution in [0.3, 0.4) is 0 Å². The summed E-state index contributed by atoms with van der Waals surface area (Å²) in [5.74, 6) is 0.